The van der Waals surface area contributed by atoms with E-state index in [1.807, 2.05) is 0 Å². The lowest BCUT2D eigenvalue weighted by Gasteiger charge is -2.08. The fourth-order valence-corrected chi connectivity index (χ4v) is 1.29. The number of esters is 2. The second-order valence-electron chi connectivity index (χ2n) is 4.42. The van der Waals surface area contributed by atoms with Crippen LogP contribution in [-0.4, -0.2) is 16.9 Å². The van der Waals surface area contributed by atoms with Gasteiger partial charge in [-0.05, 0) is 11.6 Å². The Morgan fingerprint density at radius 3 is 2.50 bits per heavy atom. The molecule has 1 aromatic carbocycles. The summed E-state index contributed by atoms with van der Waals surface area (Å²) in [4.78, 5) is 32.5. The molecular formula is C13H15NO6. The van der Waals surface area contributed by atoms with Crippen LogP contribution >= 0.6 is 0 Å². The Labute approximate surface area is 115 Å². The van der Waals surface area contributed by atoms with Crippen LogP contribution in [0.25, 0.3) is 0 Å². The highest BCUT2D eigenvalue weighted by Crippen LogP contribution is 2.29. The molecule has 0 bridgehead atoms. The molecule has 0 aromatic heterocycles. The van der Waals surface area contributed by atoms with Gasteiger partial charge in [-0.1, -0.05) is 19.9 Å². The van der Waals surface area contributed by atoms with Crippen LogP contribution in [-0.2, 0) is 20.9 Å². The highest BCUT2D eigenvalue weighted by Gasteiger charge is 2.20. The fourth-order valence-electron chi connectivity index (χ4n) is 1.29. The Morgan fingerprint density at radius 2 is 2.00 bits per heavy atom. The number of benzene rings is 1. The van der Waals surface area contributed by atoms with Crippen LogP contribution < -0.4 is 4.74 Å². The third-order valence-corrected chi connectivity index (χ3v) is 2.34. The van der Waals surface area contributed by atoms with Crippen molar-refractivity contribution in [1.29, 1.82) is 0 Å². The van der Waals surface area contributed by atoms with E-state index in [4.69, 9.17) is 9.47 Å². The number of hydrogen-bond donors (Lipinski definition) is 0. The zero-order valence-corrected chi connectivity index (χ0v) is 11.4. The molecule has 0 saturated heterocycles. The average molecular weight is 281 g/mol. The highest BCUT2D eigenvalue weighted by atomic mass is 16.6. The Kier molecular flexibility index (Phi) is 5.19. The maximum atomic E-state index is 11.5. The zero-order valence-electron chi connectivity index (χ0n) is 11.4. The molecule has 0 aliphatic carbocycles. The number of nitro groups is 1. The van der Waals surface area contributed by atoms with E-state index in [0.717, 1.165) is 0 Å². The van der Waals surface area contributed by atoms with E-state index in [-0.39, 0.29) is 18.0 Å². The summed E-state index contributed by atoms with van der Waals surface area (Å²) in [6, 6.07) is 4.03. The van der Waals surface area contributed by atoms with Gasteiger partial charge >= 0.3 is 17.6 Å². The van der Waals surface area contributed by atoms with Crippen molar-refractivity contribution < 1.29 is 24.0 Å². The van der Waals surface area contributed by atoms with Gasteiger partial charge < -0.3 is 9.47 Å². The van der Waals surface area contributed by atoms with Crippen LogP contribution in [0.1, 0.15) is 26.3 Å². The minimum Gasteiger partial charge on any atom is -0.461 e. The predicted octanol–water partition coefficient (Wildman–Crippen LogP) is 2.22. The Morgan fingerprint density at radius 1 is 1.35 bits per heavy atom. The van der Waals surface area contributed by atoms with Crippen LogP contribution in [0, 0.1) is 16.0 Å². The Hall–Kier alpha value is -2.44. The van der Waals surface area contributed by atoms with E-state index in [0.29, 0.717) is 5.56 Å². The minimum absolute atomic E-state index is 0.0748. The van der Waals surface area contributed by atoms with E-state index < -0.39 is 22.8 Å². The molecule has 7 heteroatoms. The molecule has 0 fully saturated rings. The predicted molar refractivity (Wildman–Crippen MR) is 69.0 cm³/mol. The SMILES string of the molecule is CC(=O)OCc1ccc(OC(=O)C(C)C)c([N+](=O)[O-])c1. The zero-order chi connectivity index (χ0) is 15.3. The summed E-state index contributed by atoms with van der Waals surface area (Å²) >= 11 is 0. The molecular weight excluding hydrogens is 266 g/mol. The topological polar surface area (TPSA) is 95.7 Å². The summed E-state index contributed by atoms with van der Waals surface area (Å²) in [5.74, 6) is -1.56. The number of ether oxygens (including phenoxy) is 2. The van der Waals surface area contributed by atoms with Gasteiger partial charge in [-0.25, -0.2) is 0 Å². The van der Waals surface area contributed by atoms with E-state index in [1.54, 1.807) is 13.8 Å². The summed E-state index contributed by atoms with van der Waals surface area (Å²) in [6.07, 6.45) is 0. The van der Waals surface area contributed by atoms with Crippen LogP contribution in [0.4, 0.5) is 5.69 Å². The van der Waals surface area contributed by atoms with Gasteiger partial charge in [0.15, 0.2) is 0 Å². The number of carbonyl (C=O) groups excluding carboxylic acids is 2. The number of carbonyl (C=O) groups is 2. The molecule has 0 radical (unpaired) electrons. The summed E-state index contributed by atoms with van der Waals surface area (Å²) in [5, 5.41) is 11.0. The second kappa shape index (κ2) is 6.65. The highest BCUT2D eigenvalue weighted by molar-refractivity contribution is 5.75. The maximum absolute atomic E-state index is 11.5. The summed E-state index contributed by atoms with van der Waals surface area (Å²) < 4.78 is 9.71. The lowest BCUT2D eigenvalue weighted by Crippen LogP contribution is -2.15. The summed E-state index contributed by atoms with van der Waals surface area (Å²) in [6.45, 7) is 4.42. The molecule has 0 amide bonds. The van der Waals surface area contributed by atoms with Gasteiger partial charge in [-0.2, -0.15) is 0 Å². The second-order valence-corrected chi connectivity index (χ2v) is 4.42. The van der Waals surface area contributed by atoms with Crippen molar-refractivity contribution in [2.24, 2.45) is 5.92 Å². The first-order valence-electron chi connectivity index (χ1n) is 5.93. The van der Waals surface area contributed by atoms with E-state index in [9.17, 15) is 19.7 Å². The molecule has 7 nitrogen and oxygen atoms in total. The Bertz CT molecular complexity index is 538. The molecule has 0 spiro atoms. The quantitative estimate of drug-likeness (QED) is 0.355. The van der Waals surface area contributed by atoms with Gasteiger partial charge in [-0.3, -0.25) is 19.7 Å². The summed E-state index contributed by atoms with van der Waals surface area (Å²) in [7, 11) is 0. The van der Waals surface area contributed by atoms with E-state index in [1.165, 1.54) is 25.1 Å². The third-order valence-electron chi connectivity index (χ3n) is 2.34. The van der Waals surface area contributed by atoms with Crippen LogP contribution in [0.5, 0.6) is 5.75 Å². The largest absolute Gasteiger partial charge is 0.461 e. The molecule has 1 rings (SSSR count). The van der Waals surface area contributed by atoms with Crippen molar-refractivity contribution in [1.82, 2.24) is 0 Å². The smallest absolute Gasteiger partial charge is 0.314 e. The number of nitrogens with zero attached hydrogens (tertiary/aromatic N) is 1. The van der Waals surface area contributed by atoms with Gasteiger partial charge in [0, 0.05) is 13.0 Å². The molecule has 0 aliphatic heterocycles. The lowest BCUT2D eigenvalue weighted by molar-refractivity contribution is -0.385. The monoisotopic (exact) mass is 281 g/mol. The summed E-state index contributed by atoms with van der Waals surface area (Å²) in [5.41, 5.74) is 0.0971. The van der Waals surface area contributed by atoms with Crippen LogP contribution in [0.3, 0.4) is 0 Å². The van der Waals surface area contributed by atoms with Crippen molar-refractivity contribution in [2.45, 2.75) is 27.4 Å². The molecule has 108 valence electrons. The van der Waals surface area contributed by atoms with E-state index >= 15 is 0 Å². The molecule has 20 heavy (non-hydrogen) atoms. The molecule has 0 heterocycles. The minimum atomic E-state index is -0.653. The fraction of sp³-hybridized carbons (Fsp3) is 0.385. The molecule has 0 N–H and O–H groups in total. The molecule has 0 saturated carbocycles. The van der Waals surface area contributed by atoms with Gasteiger partial charge in [0.25, 0.3) is 0 Å². The first-order chi connectivity index (χ1) is 9.31. The molecule has 0 unspecified atom stereocenters. The van der Waals surface area contributed by atoms with Gasteiger partial charge in [-0.15, -0.1) is 0 Å². The standard InChI is InChI=1S/C13H15NO6/c1-8(2)13(16)20-12-5-4-10(7-19-9(3)15)6-11(12)14(17)18/h4-6,8H,7H2,1-3H3. The number of rotatable bonds is 5. The average Bonchev–Trinajstić information content (AvgIpc) is 2.36. The number of hydrogen-bond acceptors (Lipinski definition) is 6. The van der Waals surface area contributed by atoms with Gasteiger partial charge in [0.2, 0.25) is 5.75 Å². The van der Waals surface area contributed by atoms with Crippen molar-refractivity contribution in [3.63, 3.8) is 0 Å². The normalized spacial score (nSPS) is 10.2. The first-order valence-corrected chi connectivity index (χ1v) is 5.93. The van der Waals surface area contributed by atoms with Crippen molar-refractivity contribution >= 4 is 17.6 Å². The lowest BCUT2D eigenvalue weighted by atomic mass is 10.2. The van der Waals surface area contributed by atoms with Crippen molar-refractivity contribution in [3.8, 4) is 5.75 Å². The van der Waals surface area contributed by atoms with Crippen LogP contribution in [0.15, 0.2) is 18.2 Å². The van der Waals surface area contributed by atoms with Gasteiger partial charge in [0.1, 0.15) is 6.61 Å². The van der Waals surface area contributed by atoms with Crippen molar-refractivity contribution in [3.05, 3.63) is 33.9 Å². The number of nitro benzene ring substituents is 1. The van der Waals surface area contributed by atoms with Crippen molar-refractivity contribution in [2.75, 3.05) is 0 Å². The Balaban J connectivity index is 2.99. The molecule has 1 aromatic rings. The molecule has 0 atom stereocenters. The molecule has 0 aliphatic rings. The van der Waals surface area contributed by atoms with Crippen LogP contribution in [0.2, 0.25) is 0 Å². The maximum Gasteiger partial charge on any atom is 0.314 e. The van der Waals surface area contributed by atoms with Gasteiger partial charge in [0.05, 0.1) is 10.8 Å². The third kappa shape index (κ3) is 4.34. The first kappa shape index (κ1) is 15.6. The van der Waals surface area contributed by atoms with E-state index in [2.05, 4.69) is 0 Å².